The van der Waals surface area contributed by atoms with Crippen molar-refractivity contribution >= 4 is 6.03 Å². The lowest BCUT2D eigenvalue weighted by molar-refractivity contribution is -0.142. The second-order valence-corrected chi connectivity index (χ2v) is 5.21. The van der Waals surface area contributed by atoms with Crippen LogP contribution in [-0.2, 0) is 13.1 Å². The molecule has 1 aromatic heterocycles. The lowest BCUT2D eigenvalue weighted by Gasteiger charge is -2.24. The first-order chi connectivity index (χ1) is 9.11. The number of aromatic nitrogens is 2. The van der Waals surface area contributed by atoms with Crippen LogP contribution in [0.5, 0.6) is 0 Å². The predicted octanol–water partition coefficient (Wildman–Crippen LogP) is 2.43. The monoisotopic (exact) mass is 292 g/mol. The van der Waals surface area contributed by atoms with Crippen LogP contribution in [0.25, 0.3) is 0 Å². The van der Waals surface area contributed by atoms with Gasteiger partial charge in [0.15, 0.2) is 0 Å². The Morgan fingerprint density at radius 2 is 2.05 bits per heavy atom. The number of carbonyl (C=O) groups excluding carboxylic acids is 1. The fourth-order valence-electron chi connectivity index (χ4n) is 1.39. The van der Waals surface area contributed by atoms with Crippen LogP contribution in [-0.4, -0.2) is 27.5 Å². The molecule has 0 saturated heterocycles. The molecule has 0 aliphatic heterocycles. The van der Waals surface area contributed by atoms with Gasteiger partial charge in [0, 0.05) is 23.8 Å². The quantitative estimate of drug-likeness (QED) is 0.875. The summed E-state index contributed by atoms with van der Waals surface area (Å²) in [5, 5.41) is 8.94. The van der Waals surface area contributed by atoms with Crippen molar-refractivity contribution in [3.05, 3.63) is 18.0 Å². The van der Waals surface area contributed by atoms with E-state index < -0.39 is 12.7 Å². The van der Waals surface area contributed by atoms with Crippen LogP contribution in [0.15, 0.2) is 12.4 Å². The first kappa shape index (κ1) is 16.3. The van der Waals surface area contributed by atoms with Gasteiger partial charge in [0.1, 0.15) is 6.54 Å². The highest BCUT2D eigenvalue weighted by Crippen LogP contribution is 2.17. The van der Waals surface area contributed by atoms with Crippen LogP contribution in [0.3, 0.4) is 0 Å². The smallest absolute Gasteiger partial charge is 0.334 e. The summed E-state index contributed by atoms with van der Waals surface area (Å²) in [6.07, 6.45) is -0.973. The van der Waals surface area contributed by atoms with E-state index in [9.17, 15) is 18.0 Å². The molecule has 0 saturated carbocycles. The van der Waals surface area contributed by atoms with Crippen molar-refractivity contribution in [1.29, 1.82) is 0 Å². The molecule has 0 aliphatic carbocycles. The SMILES string of the molecule is CCC(C)(C)NC(=O)NCc1cnn(CC(F)(F)F)c1. The maximum Gasteiger partial charge on any atom is 0.408 e. The summed E-state index contributed by atoms with van der Waals surface area (Å²) >= 11 is 0. The fourth-order valence-corrected chi connectivity index (χ4v) is 1.39. The minimum Gasteiger partial charge on any atom is -0.334 e. The highest BCUT2D eigenvalue weighted by Gasteiger charge is 2.28. The number of nitrogens with one attached hydrogen (secondary N) is 2. The predicted molar refractivity (Wildman–Crippen MR) is 68.0 cm³/mol. The van der Waals surface area contributed by atoms with E-state index in [0.29, 0.717) is 5.56 Å². The number of hydrogen-bond acceptors (Lipinski definition) is 2. The number of halogens is 3. The normalized spacial score (nSPS) is 12.3. The maximum atomic E-state index is 12.1. The van der Waals surface area contributed by atoms with Gasteiger partial charge in [-0.05, 0) is 20.3 Å². The number of hydrogen-bond donors (Lipinski definition) is 2. The van der Waals surface area contributed by atoms with E-state index in [-0.39, 0.29) is 18.1 Å². The molecule has 0 bridgehead atoms. The summed E-state index contributed by atoms with van der Waals surface area (Å²) < 4.78 is 37.2. The average Bonchev–Trinajstić information content (AvgIpc) is 2.71. The van der Waals surface area contributed by atoms with E-state index >= 15 is 0 Å². The number of nitrogens with zero attached hydrogens (tertiary/aromatic N) is 2. The van der Waals surface area contributed by atoms with Crippen LogP contribution in [0.2, 0.25) is 0 Å². The number of carbonyl (C=O) groups is 1. The lowest BCUT2D eigenvalue weighted by Crippen LogP contribution is -2.47. The first-order valence-electron chi connectivity index (χ1n) is 6.25. The van der Waals surface area contributed by atoms with E-state index in [1.165, 1.54) is 12.4 Å². The zero-order valence-electron chi connectivity index (χ0n) is 11.7. The fraction of sp³-hybridized carbons (Fsp3) is 0.667. The Morgan fingerprint density at radius 1 is 1.40 bits per heavy atom. The summed E-state index contributed by atoms with van der Waals surface area (Å²) in [4.78, 5) is 11.6. The molecular weight excluding hydrogens is 273 g/mol. The van der Waals surface area contributed by atoms with Gasteiger partial charge in [-0.1, -0.05) is 6.92 Å². The van der Waals surface area contributed by atoms with Crippen LogP contribution >= 0.6 is 0 Å². The van der Waals surface area contributed by atoms with Gasteiger partial charge >= 0.3 is 12.2 Å². The second-order valence-electron chi connectivity index (χ2n) is 5.21. The van der Waals surface area contributed by atoms with Gasteiger partial charge in [-0.15, -0.1) is 0 Å². The van der Waals surface area contributed by atoms with Gasteiger partial charge in [-0.25, -0.2) is 4.79 Å². The Bertz CT molecular complexity index is 454. The molecule has 1 rings (SSSR count). The average molecular weight is 292 g/mol. The third-order valence-electron chi connectivity index (χ3n) is 2.82. The Morgan fingerprint density at radius 3 is 2.60 bits per heavy atom. The minimum absolute atomic E-state index is 0.128. The van der Waals surface area contributed by atoms with Crippen molar-refractivity contribution in [3.63, 3.8) is 0 Å². The highest BCUT2D eigenvalue weighted by molar-refractivity contribution is 5.74. The van der Waals surface area contributed by atoms with Crippen LogP contribution in [0.1, 0.15) is 32.8 Å². The first-order valence-corrected chi connectivity index (χ1v) is 6.25. The Labute approximate surface area is 115 Å². The van der Waals surface area contributed by atoms with Crippen molar-refractivity contribution in [2.45, 2.75) is 52.0 Å². The molecule has 0 fully saturated rings. The number of rotatable bonds is 5. The third kappa shape index (κ3) is 5.94. The van der Waals surface area contributed by atoms with Gasteiger partial charge < -0.3 is 10.6 Å². The molecule has 1 aromatic rings. The number of alkyl halides is 3. The standard InChI is InChI=1S/C12H19F3N4O/c1-4-11(2,3)18-10(20)16-5-9-6-17-19(7-9)8-12(13,14)15/h6-7H,4-5,8H2,1-3H3,(H2,16,18,20). The molecule has 20 heavy (non-hydrogen) atoms. The van der Waals surface area contributed by atoms with Gasteiger partial charge in [0.2, 0.25) is 0 Å². The van der Waals surface area contributed by atoms with Gasteiger partial charge in [-0.2, -0.15) is 18.3 Å². The molecule has 1 heterocycles. The molecule has 2 N–H and O–H groups in total. The summed E-state index contributed by atoms with van der Waals surface area (Å²) in [5.74, 6) is 0. The van der Waals surface area contributed by atoms with Gasteiger partial charge in [0.25, 0.3) is 0 Å². The summed E-state index contributed by atoms with van der Waals surface area (Å²) in [6, 6.07) is -0.361. The van der Waals surface area contributed by atoms with E-state index in [2.05, 4.69) is 15.7 Å². The van der Waals surface area contributed by atoms with Crippen molar-refractivity contribution < 1.29 is 18.0 Å². The molecule has 114 valence electrons. The summed E-state index contributed by atoms with van der Waals surface area (Å²) in [6.45, 7) is 4.70. The molecule has 0 spiro atoms. The van der Waals surface area contributed by atoms with Crippen LogP contribution in [0, 0.1) is 0 Å². The zero-order chi connectivity index (χ0) is 15.4. The van der Waals surface area contributed by atoms with Crippen molar-refractivity contribution in [3.8, 4) is 0 Å². The molecular formula is C12H19F3N4O. The Kier molecular flexibility index (Phi) is 5.02. The molecule has 2 amide bonds. The molecule has 0 aromatic carbocycles. The van der Waals surface area contributed by atoms with Crippen molar-refractivity contribution in [2.24, 2.45) is 0 Å². The van der Waals surface area contributed by atoms with E-state index in [0.717, 1.165) is 11.1 Å². The van der Waals surface area contributed by atoms with E-state index in [4.69, 9.17) is 0 Å². The van der Waals surface area contributed by atoms with Crippen LogP contribution < -0.4 is 10.6 Å². The van der Waals surface area contributed by atoms with Gasteiger partial charge in [0.05, 0.1) is 6.20 Å². The third-order valence-corrected chi connectivity index (χ3v) is 2.82. The lowest BCUT2D eigenvalue weighted by atomic mass is 10.0. The zero-order valence-corrected chi connectivity index (χ0v) is 11.7. The molecule has 0 unspecified atom stereocenters. The molecule has 0 aliphatic rings. The molecule has 0 atom stereocenters. The topological polar surface area (TPSA) is 59.0 Å². The largest absolute Gasteiger partial charge is 0.408 e. The van der Waals surface area contributed by atoms with Crippen molar-refractivity contribution in [1.82, 2.24) is 20.4 Å². The van der Waals surface area contributed by atoms with Gasteiger partial charge in [-0.3, -0.25) is 4.68 Å². The van der Waals surface area contributed by atoms with Crippen molar-refractivity contribution in [2.75, 3.05) is 0 Å². The molecule has 5 nitrogen and oxygen atoms in total. The molecule has 0 radical (unpaired) electrons. The Hall–Kier alpha value is -1.73. The summed E-state index contributed by atoms with van der Waals surface area (Å²) in [7, 11) is 0. The van der Waals surface area contributed by atoms with E-state index in [1.807, 2.05) is 20.8 Å². The number of urea groups is 1. The molecule has 8 heteroatoms. The summed E-state index contributed by atoms with van der Waals surface area (Å²) in [5.41, 5.74) is 0.184. The minimum atomic E-state index is -4.31. The Balaban J connectivity index is 2.45. The highest BCUT2D eigenvalue weighted by atomic mass is 19.4. The van der Waals surface area contributed by atoms with E-state index in [1.54, 1.807) is 0 Å². The maximum absolute atomic E-state index is 12.1. The number of amides is 2. The van der Waals surface area contributed by atoms with Crippen LogP contribution in [0.4, 0.5) is 18.0 Å². The second kappa shape index (κ2) is 6.15.